The summed E-state index contributed by atoms with van der Waals surface area (Å²) in [4.78, 5) is 2.37. The van der Waals surface area contributed by atoms with Crippen molar-refractivity contribution >= 4 is 0 Å². The molecule has 0 aromatic carbocycles. The Labute approximate surface area is 128 Å². The minimum atomic E-state index is 0.648. The van der Waals surface area contributed by atoms with Crippen molar-refractivity contribution in [1.82, 2.24) is 10.2 Å². The van der Waals surface area contributed by atoms with Gasteiger partial charge in [-0.1, -0.05) is 66.2 Å². The van der Waals surface area contributed by atoms with E-state index in [0.29, 0.717) is 12.0 Å². The van der Waals surface area contributed by atoms with Crippen molar-refractivity contribution in [2.45, 2.75) is 91.1 Å². The molecule has 0 aromatic heterocycles. The summed E-state index contributed by atoms with van der Waals surface area (Å²) in [7, 11) is 4.41. The average molecular weight is 285 g/mol. The molecule has 0 saturated heterocycles. The Bertz CT molecular complexity index is 184. The number of hydrogen-bond acceptors (Lipinski definition) is 2. The molecule has 0 aliphatic carbocycles. The first-order valence-corrected chi connectivity index (χ1v) is 8.92. The van der Waals surface area contributed by atoms with Crippen LogP contribution in [0.3, 0.4) is 0 Å². The van der Waals surface area contributed by atoms with E-state index in [1.54, 1.807) is 0 Å². The van der Waals surface area contributed by atoms with E-state index in [2.05, 4.69) is 52.0 Å². The van der Waals surface area contributed by atoms with Gasteiger partial charge in [0.1, 0.15) is 0 Å². The second kappa shape index (κ2) is 12.6. The molecule has 0 saturated carbocycles. The number of hydrogen-bond donors (Lipinski definition) is 1. The number of nitrogens with one attached hydrogen (secondary N) is 1. The number of unbranched alkanes of at least 4 members (excludes halogenated alkanes) is 4. The van der Waals surface area contributed by atoms with Crippen LogP contribution in [0.2, 0.25) is 0 Å². The second-order valence-corrected chi connectivity index (χ2v) is 6.87. The maximum absolute atomic E-state index is 3.86. The normalized spacial score (nSPS) is 13.7. The monoisotopic (exact) mass is 284 g/mol. The molecule has 0 rings (SSSR count). The van der Waals surface area contributed by atoms with Crippen LogP contribution >= 0.6 is 0 Å². The fourth-order valence-electron chi connectivity index (χ4n) is 2.93. The van der Waals surface area contributed by atoms with E-state index in [-0.39, 0.29) is 0 Å². The van der Waals surface area contributed by atoms with Gasteiger partial charge in [-0.3, -0.25) is 0 Å². The molecule has 1 atom stereocenters. The Morgan fingerprint density at radius 2 is 1.35 bits per heavy atom. The van der Waals surface area contributed by atoms with E-state index < -0.39 is 0 Å². The SMILES string of the molecule is CCCCCC(CCCCC)NCC(C(C)C)N(C)C. The summed E-state index contributed by atoms with van der Waals surface area (Å²) in [5, 5.41) is 3.86. The molecule has 0 amide bonds. The summed E-state index contributed by atoms with van der Waals surface area (Å²) in [5.41, 5.74) is 0. The average Bonchev–Trinajstić information content (AvgIpc) is 2.38. The number of rotatable bonds is 13. The molecule has 2 heteroatoms. The minimum absolute atomic E-state index is 0.648. The van der Waals surface area contributed by atoms with Crippen LogP contribution in [-0.4, -0.2) is 37.6 Å². The molecule has 20 heavy (non-hydrogen) atoms. The van der Waals surface area contributed by atoms with Gasteiger partial charge in [-0.15, -0.1) is 0 Å². The van der Waals surface area contributed by atoms with Crippen molar-refractivity contribution in [2.75, 3.05) is 20.6 Å². The van der Waals surface area contributed by atoms with Crippen LogP contribution in [0, 0.1) is 5.92 Å². The molecule has 122 valence electrons. The van der Waals surface area contributed by atoms with Crippen molar-refractivity contribution in [1.29, 1.82) is 0 Å². The van der Waals surface area contributed by atoms with E-state index in [1.807, 2.05) is 0 Å². The van der Waals surface area contributed by atoms with Gasteiger partial charge in [0.2, 0.25) is 0 Å². The number of nitrogens with zero attached hydrogens (tertiary/aromatic N) is 1. The zero-order chi connectivity index (χ0) is 15.4. The van der Waals surface area contributed by atoms with Gasteiger partial charge in [-0.25, -0.2) is 0 Å². The molecule has 1 N–H and O–H groups in total. The maximum atomic E-state index is 3.86. The maximum Gasteiger partial charge on any atom is 0.0237 e. The lowest BCUT2D eigenvalue weighted by Gasteiger charge is -2.30. The van der Waals surface area contributed by atoms with E-state index in [9.17, 15) is 0 Å². The zero-order valence-corrected chi connectivity index (χ0v) is 15.0. The molecule has 0 bridgehead atoms. The van der Waals surface area contributed by atoms with Crippen molar-refractivity contribution < 1.29 is 0 Å². The molecule has 1 unspecified atom stereocenters. The van der Waals surface area contributed by atoms with Gasteiger partial charge in [0.15, 0.2) is 0 Å². The Morgan fingerprint density at radius 1 is 0.850 bits per heavy atom. The van der Waals surface area contributed by atoms with Gasteiger partial charge in [-0.2, -0.15) is 0 Å². The first-order chi connectivity index (χ1) is 9.52. The highest BCUT2D eigenvalue weighted by molar-refractivity contribution is 4.76. The zero-order valence-electron chi connectivity index (χ0n) is 15.0. The first kappa shape index (κ1) is 19.9. The van der Waals surface area contributed by atoms with E-state index >= 15 is 0 Å². The first-order valence-electron chi connectivity index (χ1n) is 8.92. The molecule has 0 fully saturated rings. The van der Waals surface area contributed by atoms with Crippen LogP contribution in [0.4, 0.5) is 0 Å². The third kappa shape index (κ3) is 9.77. The Morgan fingerprint density at radius 3 is 1.70 bits per heavy atom. The second-order valence-electron chi connectivity index (χ2n) is 6.87. The Hall–Kier alpha value is -0.0800. The van der Waals surface area contributed by atoms with E-state index in [1.165, 1.54) is 51.4 Å². The van der Waals surface area contributed by atoms with E-state index in [0.717, 1.165) is 12.6 Å². The lowest BCUT2D eigenvalue weighted by atomic mass is 9.99. The van der Waals surface area contributed by atoms with Crippen LogP contribution < -0.4 is 5.32 Å². The predicted octanol–water partition coefficient (Wildman–Crippen LogP) is 4.69. The molecule has 0 heterocycles. The highest BCUT2D eigenvalue weighted by Crippen LogP contribution is 2.13. The summed E-state index contributed by atoms with van der Waals surface area (Å²) in [6.45, 7) is 10.4. The summed E-state index contributed by atoms with van der Waals surface area (Å²) in [5.74, 6) is 0.712. The molecular formula is C18H40N2. The van der Waals surface area contributed by atoms with Crippen molar-refractivity contribution in [3.05, 3.63) is 0 Å². The summed E-state index contributed by atoms with van der Waals surface area (Å²) >= 11 is 0. The van der Waals surface area contributed by atoms with Gasteiger partial charge in [-0.05, 0) is 32.9 Å². The van der Waals surface area contributed by atoms with Gasteiger partial charge in [0.05, 0.1) is 0 Å². The van der Waals surface area contributed by atoms with Crippen molar-refractivity contribution in [2.24, 2.45) is 5.92 Å². The van der Waals surface area contributed by atoms with Gasteiger partial charge < -0.3 is 10.2 Å². The summed E-state index contributed by atoms with van der Waals surface area (Å²) < 4.78 is 0. The summed E-state index contributed by atoms with van der Waals surface area (Å²) in [6.07, 6.45) is 10.9. The fourth-order valence-corrected chi connectivity index (χ4v) is 2.93. The van der Waals surface area contributed by atoms with Gasteiger partial charge in [0, 0.05) is 18.6 Å². The fraction of sp³-hybridized carbons (Fsp3) is 1.00. The smallest absolute Gasteiger partial charge is 0.0237 e. The highest BCUT2D eigenvalue weighted by atomic mass is 15.1. The van der Waals surface area contributed by atoms with Gasteiger partial charge >= 0.3 is 0 Å². The Balaban J connectivity index is 4.16. The number of likely N-dealkylation sites (N-methyl/N-ethyl adjacent to an activating group) is 1. The molecule has 0 aliphatic heterocycles. The van der Waals surface area contributed by atoms with Crippen LogP contribution in [0.25, 0.3) is 0 Å². The van der Waals surface area contributed by atoms with E-state index in [4.69, 9.17) is 0 Å². The standard InChI is InChI=1S/C18H40N2/c1-7-9-11-13-17(14-12-10-8-2)19-15-18(16(3)4)20(5)6/h16-19H,7-15H2,1-6H3. The highest BCUT2D eigenvalue weighted by Gasteiger charge is 2.17. The topological polar surface area (TPSA) is 15.3 Å². The van der Waals surface area contributed by atoms with Crippen LogP contribution in [0.5, 0.6) is 0 Å². The third-order valence-corrected chi connectivity index (χ3v) is 4.36. The lowest BCUT2D eigenvalue weighted by molar-refractivity contribution is 0.214. The Kier molecular flexibility index (Phi) is 12.6. The quantitative estimate of drug-likeness (QED) is 0.494. The molecule has 2 nitrogen and oxygen atoms in total. The molecule has 0 aliphatic rings. The largest absolute Gasteiger partial charge is 0.312 e. The minimum Gasteiger partial charge on any atom is -0.312 e. The molecule has 0 spiro atoms. The van der Waals surface area contributed by atoms with Crippen molar-refractivity contribution in [3.63, 3.8) is 0 Å². The predicted molar refractivity (Wildman–Crippen MR) is 92.4 cm³/mol. The lowest BCUT2D eigenvalue weighted by Crippen LogP contribution is -2.44. The van der Waals surface area contributed by atoms with Gasteiger partial charge in [0.25, 0.3) is 0 Å². The molecule has 0 aromatic rings. The van der Waals surface area contributed by atoms with Crippen LogP contribution in [-0.2, 0) is 0 Å². The summed E-state index contributed by atoms with van der Waals surface area (Å²) in [6, 6.07) is 1.38. The molecule has 0 radical (unpaired) electrons. The van der Waals surface area contributed by atoms with Crippen LogP contribution in [0.15, 0.2) is 0 Å². The molecular weight excluding hydrogens is 244 g/mol. The van der Waals surface area contributed by atoms with Crippen molar-refractivity contribution in [3.8, 4) is 0 Å². The van der Waals surface area contributed by atoms with Crippen LogP contribution in [0.1, 0.15) is 79.1 Å². The third-order valence-electron chi connectivity index (χ3n) is 4.36.